The molecule has 5 heteroatoms. The minimum atomic E-state index is -0.289. The summed E-state index contributed by atoms with van der Waals surface area (Å²) in [4.78, 5) is 14.4. The summed E-state index contributed by atoms with van der Waals surface area (Å²) < 4.78 is 18.6. The fourth-order valence-corrected chi connectivity index (χ4v) is 3.86. The normalized spacial score (nSPS) is 13.5. The average Bonchev–Trinajstić information content (AvgIpc) is 2.61. The Kier molecular flexibility index (Phi) is 5.41. The molecule has 0 saturated heterocycles. The maximum Gasteiger partial charge on any atom is 0.236 e. The highest BCUT2D eigenvalue weighted by Gasteiger charge is 2.21. The SMILES string of the molecule is COc1ccc(F)cc1CSCC(=O)N1CCCc2ccccc21. The van der Waals surface area contributed by atoms with E-state index in [2.05, 4.69) is 6.07 Å². The third kappa shape index (κ3) is 3.73. The number of rotatable bonds is 5. The van der Waals surface area contributed by atoms with Gasteiger partial charge in [0.15, 0.2) is 0 Å². The van der Waals surface area contributed by atoms with Crippen LogP contribution in [0.2, 0.25) is 0 Å². The largest absolute Gasteiger partial charge is 0.496 e. The van der Waals surface area contributed by atoms with Crippen molar-refractivity contribution in [3.05, 3.63) is 59.4 Å². The van der Waals surface area contributed by atoms with Crippen molar-refractivity contribution in [3.63, 3.8) is 0 Å². The zero-order chi connectivity index (χ0) is 16.9. The van der Waals surface area contributed by atoms with E-state index < -0.39 is 0 Å². The number of para-hydroxylation sites is 1. The molecule has 0 spiro atoms. The average molecular weight is 345 g/mol. The van der Waals surface area contributed by atoms with E-state index in [-0.39, 0.29) is 11.7 Å². The van der Waals surface area contributed by atoms with Crippen LogP contribution in [0.3, 0.4) is 0 Å². The van der Waals surface area contributed by atoms with Crippen molar-refractivity contribution >= 4 is 23.4 Å². The number of hydrogen-bond donors (Lipinski definition) is 0. The Bertz CT molecular complexity index is 735. The van der Waals surface area contributed by atoms with E-state index in [0.717, 1.165) is 30.6 Å². The molecule has 1 amide bonds. The predicted molar refractivity (Wildman–Crippen MR) is 96.2 cm³/mol. The van der Waals surface area contributed by atoms with Gasteiger partial charge >= 0.3 is 0 Å². The van der Waals surface area contributed by atoms with Crippen LogP contribution >= 0.6 is 11.8 Å². The second-order valence-electron chi connectivity index (χ2n) is 5.73. The molecule has 3 rings (SSSR count). The van der Waals surface area contributed by atoms with E-state index in [4.69, 9.17) is 4.74 Å². The molecule has 1 heterocycles. The summed E-state index contributed by atoms with van der Waals surface area (Å²) in [7, 11) is 1.57. The van der Waals surface area contributed by atoms with Gasteiger partial charge in [-0.1, -0.05) is 18.2 Å². The Morgan fingerprint density at radius 3 is 2.96 bits per heavy atom. The molecule has 1 aliphatic rings. The molecule has 0 N–H and O–H groups in total. The van der Waals surface area contributed by atoms with Crippen molar-refractivity contribution in [2.24, 2.45) is 0 Å². The molecule has 0 radical (unpaired) electrons. The van der Waals surface area contributed by atoms with Crippen molar-refractivity contribution in [1.82, 2.24) is 0 Å². The molecule has 0 fully saturated rings. The fourth-order valence-electron chi connectivity index (χ4n) is 2.98. The molecule has 3 nitrogen and oxygen atoms in total. The van der Waals surface area contributed by atoms with Gasteiger partial charge in [0.05, 0.1) is 12.9 Å². The van der Waals surface area contributed by atoms with Gasteiger partial charge in [-0.05, 0) is 42.7 Å². The standard InChI is InChI=1S/C19H20FNO2S/c1-23-18-9-8-16(20)11-15(18)12-24-13-19(22)21-10-4-6-14-5-2-3-7-17(14)21/h2-3,5,7-9,11H,4,6,10,12-13H2,1H3. The van der Waals surface area contributed by atoms with Gasteiger partial charge in [-0.2, -0.15) is 0 Å². The van der Waals surface area contributed by atoms with Gasteiger partial charge in [-0.15, -0.1) is 11.8 Å². The smallest absolute Gasteiger partial charge is 0.236 e. The van der Waals surface area contributed by atoms with Crippen LogP contribution in [0, 0.1) is 5.82 Å². The molecule has 0 saturated carbocycles. The summed E-state index contributed by atoms with van der Waals surface area (Å²) in [5.74, 6) is 1.38. The molecule has 2 aromatic carbocycles. The number of aryl methyl sites for hydroxylation is 1. The molecule has 0 unspecified atom stereocenters. The van der Waals surface area contributed by atoms with Crippen LogP contribution < -0.4 is 9.64 Å². The third-order valence-electron chi connectivity index (χ3n) is 4.14. The number of anilines is 1. The van der Waals surface area contributed by atoms with E-state index in [9.17, 15) is 9.18 Å². The number of fused-ring (bicyclic) bond motifs is 1. The van der Waals surface area contributed by atoms with E-state index in [1.54, 1.807) is 13.2 Å². The van der Waals surface area contributed by atoms with Crippen LogP contribution in [0.5, 0.6) is 5.75 Å². The predicted octanol–water partition coefficient (Wildman–Crippen LogP) is 4.05. The number of thioether (sulfide) groups is 1. The summed E-state index contributed by atoms with van der Waals surface area (Å²) in [6, 6.07) is 12.5. The lowest BCUT2D eigenvalue weighted by atomic mass is 10.0. The zero-order valence-electron chi connectivity index (χ0n) is 13.6. The highest BCUT2D eigenvalue weighted by Crippen LogP contribution is 2.28. The van der Waals surface area contributed by atoms with Crippen LogP contribution in [-0.4, -0.2) is 25.3 Å². The summed E-state index contributed by atoms with van der Waals surface area (Å²) in [6.07, 6.45) is 2.01. The molecule has 0 aliphatic carbocycles. The Labute approximate surface area is 145 Å². The molecule has 0 atom stereocenters. The maximum atomic E-state index is 13.4. The molecule has 2 aromatic rings. The van der Waals surface area contributed by atoms with Crippen molar-refractivity contribution in [2.75, 3.05) is 24.3 Å². The highest BCUT2D eigenvalue weighted by atomic mass is 32.2. The Balaban J connectivity index is 1.62. The van der Waals surface area contributed by atoms with E-state index in [1.165, 1.54) is 29.5 Å². The third-order valence-corrected chi connectivity index (χ3v) is 5.10. The van der Waals surface area contributed by atoms with Crippen LogP contribution in [0.15, 0.2) is 42.5 Å². The number of ether oxygens (including phenoxy) is 1. The number of carbonyl (C=O) groups is 1. The van der Waals surface area contributed by atoms with Gasteiger partial charge in [0.1, 0.15) is 11.6 Å². The van der Waals surface area contributed by atoms with Gasteiger partial charge in [0.2, 0.25) is 5.91 Å². The van der Waals surface area contributed by atoms with Crippen molar-refractivity contribution in [2.45, 2.75) is 18.6 Å². The lowest BCUT2D eigenvalue weighted by Crippen LogP contribution is -2.36. The highest BCUT2D eigenvalue weighted by molar-refractivity contribution is 7.99. The quantitative estimate of drug-likeness (QED) is 0.819. The number of carbonyl (C=O) groups excluding carboxylic acids is 1. The van der Waals surface area contributed by atoms with Gasteiger partial charge in [0, 0.05) is 23.5 Å². The lowest BCUT2D eigenvalue weighted by Gasteiger charge is -2.29. The zero-order valence-corrected chi connectivity index (χ0v) is 14.4. The van der Waals surface area contributed by atoms with E-state index in [1.807, 2.05) is 23.1 Å². The van der Waals surface area contributed by atoms with Crippen molar-refractivity contribution in [3.8, 4) is 5.75 Å². The van der Waals surface area contributed by atoms with Crippen LogP contribution in [0.1, 0.15) is 17.5 Å². The Hall–Kier alpha value is -2.01. The number of halogens is 1. The number of nitrogens with zero attached hydrogens (tertiary/aromatic N) is 1. The first kappa shape index (κ1) is 16.8. The summed E-state index contributed by atoms with van der Waals surface area (Å²) >= 11 is 1.48. The van der Waals surface area contributed by atoms with E-state index >= 15 is 0 Å². The Morgan fingerprint density at radius 1 is 1.29 bits per heavy atom. The number of methoxy groups -OCH3 is 1. The summed E-state index contributed by atoms with van der Waals surface area (Å²) in [5, 5.41) is 0. The second kappa shape index (κ2) is 7.71. The molecule has 126 valence electrons. The number of hydrogen-bond acceptors (Lipinski definition) is 3. The first-order valence-electron chi connectivity index (χ1n) is 7.97. The number of benzene rings is 2. The van der Waals surface area contributed by atoms with Crippen LogP contribution in [0.4, 0.5) is 10.1 Å². The first-order valence-corrected chi connectivity index (χ1v) is 9.13. The van der Waals surface area contributed by atoms with Crippen molar-refractivity contribution in [1.29, 1.82) is 0 Å². The first-order chi connectivity index (χ1) is 11.7. The molecule has 0 aromatic heterocycles. The van der Waals surface area contributed by atoms with Gasteiger partial charge in [-0.3, -0.25) is 4.79 Å². The van der Waals surface area contributed by atoms with Gasteiger partial charge < -0.3 is 9.64 Å². The number of amides is 1. The van der Waals surface area contributed by atoms with E-state index in [0.29, 0.717) is 17.3 Å². The van der Waals surface area contributed by atoms with Crippen LogP contribution in [0.25, 0.3) is 0 Å². The molecule has 1 aliphatic heterocycles. The van der Waals surface area contributed by atoms with Crippen LogP contribution in [-0.2, 0) is 17.0 Å². The topological polar surface area (TPSA) is 29.5 Å². The molecular formula is C19H20FNO2S. The lowest BCUT2D eigenvalue weighted by molar-refractivity contribution is -0.116. The summed E-state index contributed by atoms with van der Waals surface area (Å²) in [6.45, 7) is 0.764. The minimum absolute atomic E-state index is 0.0996. The van der Waals surface area contributed by atoms with Crippen molar-refractivity contribution < 1.29 is 13.9 Å². The fraction of sp³-hybridized carbons (Fsp3) is 0.316. The minimum Gasteiger partial charge on any atom is -0.496 e. The second-order valence-corrected chi connectivity index (χ2v) is 6.71. The monoisotopic (exact) mass is 345 g/mol. The molecule has 0 bridgehead atoms. The Morgan fingerprint density at radius 2 is 2.12 bits per heavy atom. The molecular weight excluding hydrogens is 325 g/mol. The molecule has 24 heavy (non-hydrogen) atoms. The summed E-state index contributed by atoms with van der Waals surface area (Å²) in [5.41, 5.74) is 3.03. The van der Waals surface area contributed by atoms with Gasteiger partial charge in [-0.25, -0.2) is 4.39 Å². The van der Waals surface area contributed by atoms with Gasteiger partial charge in [0.25, 0.3) is 0 Å². The maximum absolute atomic E-state index is 13.4.